The number of aryl methyl sites for hydroxylation is 1. The average molecular weight is 408 g/mol. The van der Waals surface area contributed by atoms with Gasteiger partial charge in [0.05, 0.1) is 5.69 Å². The van der Waals surface area contributed by atoms with Crippen LogP contribution in [0.15, 0.2) is 48.0 Å². The molecule has 0 radical (unpaired) electrons. The first-order valence-corrected chi connectivity index (χ1v) is 11.0. The van der Waals surface area contributed by atoms with Crippen LogP contribution in [0.4, 0.5) is 8.78 Å². The van der Waals surface area contributed by atoms with Crippen molar-refractivity contribution in [2.75, 3.05) is 0 Å². The Kier molecular flexibility index (Phi) is 4.99. The van der Waals surface area contributed by atoms with Crippen LogP contribution >= 0.6 is 0 Å². The van der Waals surface area contributed by atoms with Gasteiger partial charge in [-0.1, -0.05) is 52.8 Å². The summed E-state index contributed by atoms with van der Waals surface area (Å²) in [7, 11) is 0. The van der Waals surface area contributed by atoms with Crippen molar-refractivity contribution in [1.29, 1.82) is 0 Å². The number of nitrogens with zero attached hydrogens (tertiary/aromatic N) is 1. The van der Waals surface area contributed by atoms with Crippen molar-refractivity contribution >= 4 is 16.3 Å². The Hall–Kier alpha value is -2.29. The number of hydrogen-bond donors (Lipinski definition) is 0. The van der Waals surface area contributed by atoms with E-state index in [0.717, 1.165) is 40.6 Å². The number of fused-ring (bicyclic) bond motifs is 1. The minimum atomic E-state index is -0.565. The third kappa shape index (κ3) is 2.81. The zero-order valence-corrected chi connectivity index (χ0v) is 18.9. The Bertz CT molecular complexity index is 1120. The maximum absolute atomic E-state index is 15.5. The number of pyridine rings is 1. The van der Waals surface area contributed by atoms with Crippen LogP contribution in [-0.4, -0.2) is 4.98 Å². The number of benzene rings is 1. The van der Waals surface area contributed by atoms with Crippen molar-refractivity contribution in [3.63, 3.8) is 0 Å². The van der Waals surface area contributed by atoms with Crippen molar-refractivity contribution in [3.8, 4) is 0 Å². The predicted molar refractivity (Wildman–Crippen MR) is 122 cm³/mol. The van der Waals surface area contributed by atoms with E-state index in [1.54, 1.807) is 25.3 Å². The first kappa shape index (κ1) is 21.0. The largest absolute Gasteiger partial charge is 0.256 e. The van der Waals surface area contributed by atoms with Crippen LogP contribution in [0.2, 0.25) is 0 Å². The third-order valence-electron chi connectivity index (χ3n) is 7.40. The lowest BCUT2D eigenvalue weighted by Crippen LogP contribution is -2.35. The molecule has 1 aromatic heterocycles. The minimum absolute atomic E-state index is 0.0923. The minimum Gasteiger partial charge on any atom is -0.256 e. The van der Waals surface area contributed by atoms with E-state index in [1.807, 2.05) is 6.07 Å². The summed E-state index contributed by atoms with van der Waals surface area (Å²) in [6.07, 6.45) is 10.4. The molecule has 0 amide bonds. The van der Waals surface area contributed by atoms with Crippen LogP contribution in [-0.2, 0) is 5.41 Å². The summed E-state index contributed by atoms with van der Waals surface area (Å²) in [5, 5.41) is 1.44. The number of hydrogen-bond acceptors (Lipinski definition) is 1. The highest BCUT2D eigenvalue weighted by atomic mass is 19.1. The van der Waals surface area contributed by atoms with Gasteiger partial charge in [-0.15, -0.1) is 0 Å². The van der Waals surface area contributed by atoms with Crippen LogP contribution in [0, 0.1) is 24.1 Å². The van der Waals surface area contributed by atoms with Crippen molar-refractivity contribution in [2.24, 2.45) is 11.3 Å². The lowest BCUT2D eigenvalue weighted by molar-refractivity contribution is 0.298. The molecule has 2 aliphatic rings. The summed E-state index contributed by atoms with van der Waals surface area (Å²) >= 11 is 0. The number of rotatable bonds is 4. The van der Waals surface area contributed by atoms with E-state index in [-0.39, 0.29) is 23.0 Å². The van der Waals surface area contributed by atoms with Gasteiger partial charge in [0.15, 0.2) is 0 Å². The van der Waals surface area contributed by atoms with E-state index in [4.69, 9.17) is 4.98 Å². The second kappa shape index (κ2) is 7.14. The van der Waals surface area contributed by atoms with Gasteiger partial charge >= 0.3 is 0 Å². The zero-order chi connectivity index (χ0) is 21.8. The van der Waals surface area contributed by atoms with Crippen LogP contribution < -0.4 is 0 Å². The summed E-state index contributed by atoms with van der Waals surface area (Å²) in [6, 6.07) is 3.64. The molecule has 1 nitrogen and oxygen atoms in total. The molecule has 2 atom stereocenters. The van der Waals surface area contributed by atoms with Crippen LogP contribution in [0.25, 0.3) is 16.3 Å². The molecule has 0 bridgehead atoms. The molecule has 0 spiro atoms. The Morgan fingerprint density at radius 2 is 2.00 bits per heavy atom. The van der Waals surface area contributed by atoms with Gasteiger partial charge in [0, 0.05) is 28.0 Å². The van der Waals surface area contributed by atoms with E-state index in [9.17, 15) is 0 Å². The lowest BCUT2D eigenvalue weighted by atomic mass is 9.59. The van der Waals surface area contributed by atoms with E-state index < -0.39 is 5.41 Å². The van der Waals surface area contributed by atoms with Crippen molar-refractivity contribution in [3.05, 3.63) is 70.6 Å². The third-order valence-corrected chi connectivity index (χ3v) is 7.40. The zero-order valence-electron chi connectivity index (χ0n) is 18.9. The molecule has 158 valence electrons. The van der Waals surface area contributed by atoms with Gasteiger partial charge in [0.1, 0.15) is 11.6 Å². The molecule has 0 saturated carbocycles. The highest BCUT2D eigenvalue weighted by molar-refractivity contribution is 6.01. The maximum Gasteiger partial charge on any atom is 0.134 e. The van der Waals surface area contributed by atoms with Crippen LogP contribution in [0.3, 0.4) is 0 Å². The second-order valence-electron chi connectivity index (χ2n) is 9.56. The fourth-order valence-corrected chi connectivity index (χ4v) is 5.44. The molecule has 0 fully saturated rings. The highest BCUT2D eigenvalue weighted by Crippen LogP contribution is 2.57. The lowest BCUT2D eigenvalue weighted by Gasteiger charge is -2.45. The van der Waals surface area contributed by atoms with Gasteiger partial charge in [0.2, 0.25) is 0 Å². The molecule has 2 aliphatic carbocycles. The quantitative estimate of drug-likeness (QED) is 0.468. The van der Waals surface area contributed by atoms with Gasteiger partial charge in [0.25, 0.3) is 0 Å². The first-order valence-electron chi connectivity index (χ1n) is 11.0. The maximum atomic E-state index is 15.5. The monoisotopic (exact) mass is 407 g/mol. The molecular formula is C27H31F2N. The van der Waals surface area contributed by atoms with Gasteiger partial charge in [-0.2, -0.15) is 0 Å². The molecule has 2 aromatic rings. The smallest absolute Gasteiger partial charge is 0.134 e. The standard InChI is InChI=1S/C27H31F2N/c1-7-9-13-27(6,8-2)18-10-11-20(28)23-22(18)25-21-17(12-14-30-25)24(29)16(3)15-19(21)26(23,4)5/h9,11-15,18H,7-8,10H2,1-6H3. The van der Waals surface area contributed by atoms with E-state index in [1.165, 1.54) is 0 Å². The molecule has 1 heterocycles. The molecule has 0 aliphatic heterocycles. The summed E-state index contributed by atoms with van der Waals surface area (Å²) < 4.78 is 30.6. The summed E-state index contributed by atoms with van der Waals surface area (Å²) in [4.78, 5) is 4.73. The van der Waals surface area contributed by atoms with Crippen molar-refractivity contribution in [2.45, 2.75) is 66.2 Å². The average Bonchev–Trinajstić information content (AvgIpc) is 2.72. The molecule has 0 N–H and O–H groups in total. The molecule has 30 heavy (non-hydrogen) atoms. The Morgan fingerprint density at radius 3 is 2.67 bits per heavy atom. The Balaban J connectivity index is 2.10. The molecule has 0 saturated heterocycles. The normalized spacial score (nSPS) is 22.3. The number of allylic oxidation sites excluding steroid dienone is 6. The van der Waals surface area contributed by atoms with E-state index >= 15 is 8.78 Å². The van der Waals surface area contributed by atoms with E-state index in [0.29, 0.717) is 17.4 Å². The molecule has 3 heteroatoms. The molecule has 4 rings (SSSR count). The second-order valence-corrected chi connectivity index (χ2v) is 9.56. The highest BCUT2D eigenvalue weighted by Gasteiger charge is 2.46. The van der Waals surface area contributed by atoms with Crippen molar-refractivity contribution in [1.82, 2.24) is 4.98 Å². The number of aromatic nitrogens is 1. The fourth-order valence-electron chi connectivity index (χ4n) is 5.44. The van der Waals surface area contributed by atoms with Crippen LogP contribution in [0.5, 0.6) is 0 Å². The Morgan fingerprint density at radius 1 is 1.27 bits per heavy atom. The van der Waals surface area contributed by atoms with Crippen LogP contribution in [0.1, 0.15) is 70.7 Å². The molecular weight excluding hydrogens is 376 g/mol. The van der Waals surface area contributed by atoms with Gasteiger partial charge in [-0.05, 0) is 66.4 Å². The van der Waals surface area contributed by atoms with E-state index in [2.05, 4.69) is 46.8 Å². The van der Waals surface area contributed by atoms with Gasteiger partial charge < -0.3 is 0 Å². The SMILES string of the molecule is CCC=CC(C)(CC)C1CC=C(F)C2=C1c1nccc3c(F)c(C)cc(c13)C2(C)C. The molecule has 1 aromatic carbocycles. The fraction of sp³-hybridized carbons (Fsp3) is 0.444. The summed E-state index contributed by atoms with van der Waals surface area (Å²) in [6.45, 7) is 12.5. The molecule has 2 unspecified atom stereocenters. The first-order chi connectivity index (χ1) is 14.2. The number of halogens is 2. The Labute approximate surface area is 178 Å². The van der Waals surface area contributed by atoms with Gasteiger partial charge in [-0.3, -0.25) is 4.98 Å². The predicted octanol–water partition coefficient (Wildman–Crippen LogP) is 7.98. The summed E-state index contributed by atoms with van der Waals surface area (Å²) in [5.41, 5.74) is 3.30. The van der Waals surface area contributed by atoms with Gasteiger partial charge in [-0.25, -0.2) is 8.78 Å². The summed E-state index contributed by atoms with van der Waals surface area (Å²) in [5.74, 6) is -0.268. The van der Waals surface area contributed by atoms with Crippen molar-refractivity contribution < 1.29 is 8.78 Å². The topological polar surface area (TPSA) is 12.9 Å².